The van der Waals surface area contributed by atoms with Crippen LogP contribution in [0.2, 0.25) is 5.02 Å². The van der Waals surface area contributed by atoms with Crippen LogP contribution in [0.5, 0.6) is 5.75 Å². The summed E-state index contributed by atoms with van der Waals surface area (Å²) in [7, 11) is -3.82. The minimum atomic E-state index is -4.83. The zero-order valence-corrected chi connectivity index (χ0v) is 17.0. The molecule has 0 spiro atoms. The number of nitrogens with zero attached hydrogens (tertiary/aromatic N) is 1. The molecular formula is C18H18ClF3N2O4S. The molecule has 0 saturated carbocycles. The molecule has 2 aromatic carbocycles. The molecule has 0 bridgehead atoms. The molecule has 1 N–H and O–H groups in total. The molecule has 29 heavy (non-hydrogen) atoms. The normalized spacial score (nSPS) is 12.9. The zero-order valence-electron chi connectivity index (χ0n) is 15.4. The van der Waals surface area contributed by atoms with Crippen LogP contribution in [-0.2, 0) is 14.8 Å². The molecule has 0 aliphatic rings. The van der Waals surface area contributed by atoms with Crippen LogP contribution in [0.4, 0.5) is 24.5 Å². The Bertz CT molecular complexity index is 949. The molecule has 1 amide bonds. The maximum absolute atomic E-state index is 12.7. The van der Waals surface area contributed by atoms with Crippen molar-refractivity contribution >= 4 is 38.9 Å². The van der Waals surface area contributed by atoms with Crippen molar-refractivity contribution in [2.75, 3.05) is 15.9 Å². The molecule has 0 radical (unpaired) electrons. The van der Waals surface area contributed by atoms with Crippen molar-refractivity contribution in [1.29, 1.82) is 0 Å². The van der Waals surface area contributed by atoms with Crippen LogP contribution in [0.25, 0.3) is 0 Å². The van der Waals surface area contributed by atoms with Crippen LogP contribution in [0.15, 0.2) is 48.5 Å². The number of rotatable bonds is 7. The molecule has 6 nitrogen and oxygen atoms in total. The molecule has 0 heterocycles. The summed E-state index contributed by atoms with van der Waals surface area (Å²) >= 11 is 5.84. The predicted octanol–water partition coefficient (Wildman–Crippen LogP) is 4.42. The van der Waals surface area contributed by atoms with E-state index in [0.717, 1.165) is 22.7 Å². The van der Waals surface area contributed by atoms with Crippen LogP contribution in [0.3, 0.4) is 0 Å². The largest absolute Gasteiger partial charge is 0.573 e. The number of sulfonamides is 1. The van der Waals surface area contributed by atoms with E-state index >= 15 is 0 Å². The summed E-state index contributed by atoms with van der Waals surface area (Å²) in [6, 6.07) is 9.38. The Balaban J connectivity index is 2.24. The van der Waals surface area contributed by atoms with E-state index in [0.29, 0.717) is 5.02 Å². The zero-order chi connectivity index (χ0) is 21.8. The fourth-order valence-electron chi connectivity index (χ4n) is 2.61. The molecule has 2 rings (SSSR count). The van der Waals surface area contributed by atoms with Crippen molar-refractivity contribution in [2.24, 2.45) is 0 Å². The fourth-order valence-corrected chi connectivity index (χ4v) is 3.95. The Morgan fingerprint density at radius 3 is 2.14 bits per heavy atom. The van der Waals surface area contributed by atoms with Crippen LogP contribution in [0, 0.1) is 0 Å². The van der Waals surface area contributed by atoms with Crippen molar-refractivity contribution < 1.29 is 31.1 Å². The molecule has 0 aliphatic heterocycles. The highest BCUT2D eigenvalue weighted by Gasteiger charge is 2.32. The highest BCUT2D eigenvalue weighted by molar-refractivity contribution is 7.92. The van der Waals surface area contributed by atoms with Gasteiger partial charge < -0.3 is 10.1 Å². The van der Waals surface area contributed by atoms with Gasteiger partial charge in [0.2, 0.25) is 15.9 Å². The lowest BCUT2D eigenvalue weighted by molar-refractivity contribution is -0.274. The number of amides is 1. The van der Waals surface area contributed by atoms with Gasteiger partial charge in [0.25, 0.3) is 0 Å². The Morgan fingerprint density at radius 2 is 1.69 bits per heavy atom. The van der Waals surface area contributed by atoms with E-state index < -0.39 is 34.1 Å². The Morgan fingerprint density at radius 1 is 1.14 bits per heavy atom. The Labute approximate surface area is 171 Å². The molecule has 0 aliphatic carbocycles. The van der Waals surface area contributed by atoms with E-state index in [1.54, 1.807) is 6.92 Å². The van der Waals surface area contributed by atoms with Gasteiger partial charge in [-0.1, -0.05) is 18.5 Å². The van der Waals surface area contributed by atoms with Crippen molar-refractivity contribution in [3.8, 4) is 5.75 Å². The van der Waals surface area contributed by atoms with Crippen LogP contribution >= 0.6 is 11.6 Å². The minimum Gasteiger partial charge on any atom is -0.406 e. The minimum absolute atomic E-state index is 0.150. The number of anilines is 2. The number of hydrogen-bond donors (Lipinski definition) is 1. The number of nitrogens with one attached hydrogen (secondary N) is 1. The first-order valence-corrected chi connectivity index (χ1v) is 10.5. The van der Waals surface area contributed by atoms with Gasteiger partial charge in [0.1, 0.15) is 11.8 Å². The molecule has 11 heteroatoms. The van der Waals surface area contributed by atoms with E-state index in [2.05, 4.69) is 10.1 Å². The van der Waals surface area contributed by atoms with E-state index in [1.165, 1.54) is 36.4 Å². The van der Waals surface area contributed by atoms with Crippen LogP contribution in [0.1, 0.15) is 13.3 Å². The highest BCUT2D eigenvalue weighted by atomic mass is 35.5. The number of carbonyl (C=O) groups is 1. The van der Waals surface area contributed by atoms with Gasteiger partial charge in [0, 0.05) is 10.7 Å². The Hall–Kier alpha value is -2.46. The molecule has 0 saturated heterocycles. The fraction of sp³-hybridized carbons (Fsp3) is 0.278. The summed E-state index contributed by atoms with van der Waals surface area (Å²) in [5, 5.41) is 2.91. The molecule has 1 atom stereocenters. The predicted molar refractivity (Wildman–Crippen MR) is 105 cm³/mol. The number of alkyl halides is 3. The summed E-state index contributed by atoms with van der Waals surface area (Å²) < 4.78 is 66.1. The summed E-state index contributed by atoms with van der Waals surface area (Å²) in [6.45, 7) is 1.64. The quantitative estimate of drug-likeness (QED) is 0.677. The third-order valence-corrected chi connectivity index (χ3v) is 5.20. The van der Waals surface area contributed by atoms with E-state index in [9.17, 15) is 26.4 Å². The standard InChI is InChI=1S/C18H18ClF3N2O4S/c1-3-16(24(29(2,26)27)14-8-4-12(19)5-9-14)17(25)23-13-6-10-15(11-7-13)28-18(20,21)22/h4-11,16H,3H2,1-2H3,(H,23,25)/t16-/m0/s1. The molecular weight excluding hydrogens is 433 g/mol. The summed E-state index contributed by atoms with van der Waals surface area (Å²) in [5.41, 5.74) is 0.445. The van der Waals surface area contributed by atoms with Gasteiger partial charge in [-0.2, -0.15) is 0 Å². The van der Waals surface area contributed by atoms with Gasteiger partial charge in [-0.05, 0) is 55.0 Å². The molecule has 2 aromatic rings. The number of hydrogen-bond acceptors (Lipinski definition) is 4. The first-order chi connectivity index (χ1) is 13.4. The lowest BCUT2D eigenvalue weighted by Gasteiger charge is -2.30. The van der Waals surface area contributed by atoms with Crippen molar-refractivity contribution in [1.82, 2.24) is 0 Å². The first kappa shape index (κ1) is 22.8. The lowest BCUT2D eigenvalue weighted by atomic mass is 10.2. The van der Waals surface area contributed by atoms with Crippen molar-refractivity contribution in [3.63, 3.8) is 0 Å². The lowest BCUT2D eigenvalue weighted by Crippen LogP contribution is -2.46. The average molecular weight is 451 g/mol. The second-order valence-corrected chi connectivity index (χ2v) is 8.32. The third kappa shape index (κ3) is 6.53. The SMILES string of the molecule is CC[C@@H](C(=O)Nc1ccc(OC(F)(F)F)cc1)N(c1ccc(Cl)cc1)S(C)(=O)=O. The summed E-state index contributed by atoms with van der Waals surface area (Å²) in [4.78, 5) is 12.7. The molecule has 0 fully saturated rings. The van der Waals surface area contributed by atoms with Crippen molar-refractivity contribution in [3.05, 3.63) is 53.6 Å². The van der Waals surface area contributed by atoms with Crippen LogP contribution in [-0.4, -0.2) is 33.0 Å². The van der Waals surface area contributed by atoms with Gasteiger partial charge in [0.05, 0.1) is 11.9 Å². The van der Waals surface area contributed by atoms with Gasteiger partial charge in [-0.25, -0.2) is 8.42 Å². The molecule has 0 unspecified atom stereocenters. The summed E-state index contributed by atoms with van der Waals surface area (Å²) in [6.07, 6.45) is -3.70. The summed E-state index contributed by atoms with van der Waals surface area (Å²) in [5.74, 6) is -1.08. The number of ether oxygens (including phenoxy) is 1. The number of halogens is 4. The topological polar surface area (TPSA) is 75.7 Å². The van der Waals surface area contributed by atoms with Crippen molar-refractivity contribution in [2.45, 2.75) is 25.7 Å². The maximum Gasteiger partial charge on any atom is 0.573 e. The van der Waals surface area contributed by atoms with E-state index in [1.807, 2.05) is 0 Å². The number of benzene rings is 2. The number of carbonyl (C=O) groups excluding carboxylic acids is 1. The average Bonchev–Trinajstić information content (AvgIpc) is 2.60. The van der Waals surface area contributed by atoms with Gasteiger partial charge in [-0.3, -0.25) is 9.10 Å². The second kappa shape index (κ2) is 8.91. The van der Waals surface area contributed by atoms with Gasteiger partial charge in [-0.15, -0.1) is 13.2 Å². The van der Waals surface area contributed by atoms with Gasteiger partial charge >= 0.3 is 6.36 Å². The molecule has 0 aromatic heterocycles. The van der Waals surface area contributed by atoms with E-state index in [4.69, 9.17) is 11.6 Å². The Kier molecular flexibility index (Phi) is 7.02. The second-order valence-electron chi connectivity index (χ2n) is 6.02. The van der Waals surface area contributed by atoms with E-state index in [-0.39, 0.29) is 17.8 Å². The smallest absolute Gasteiger partial charge is 0.406 e. The third-order valence-electron chi connectivity index (χ3n) is 3.77. The van der Waals surface area contributed by atoms with Crippen LogP contribution < -0.4 is 14.4 Å². The maximum atomic E-state index is 12.7. The highest BCUT2D eigenvalue weighted by Crippen LogP contribution is 2.26. The van der Waals surface area contributed by atoms with Gasteiger partial charge in [0.15, 0.2) is 0 Å². The monoisotopic (exact) mass is 450 g/mol. The molecule has 158 valence electrons. The first-order valence-electron chi connectivity index (χ1n) is 8.32.